The van der Waals surface area contributed by atoms with Crippen LogP contribution >= 0.6 is 0 Å². The van der Waals surface area contributed by atoms with Gasteiger partial charge in [-0.05, 0) is 19.4 Å². The molecule has 0 aliphatic carbocycles. The lowest BCUT2D eigenvalue weighted by Crippen LogP contribution is -2.21. The Balaban J connectivity index is 2.94. The summed E-state index contributed by atoms with van der Waals surface area (Å²) in [5.74, 6) is 0.884. The Hall–Kier alpha value is -1.51. The summed E-state index contributed by atoms with van der Waals surface area (Å²) in [6, 6.07) is 4.04. The summed E-state index contributed by atoms with van der Waals surface area (Å²) < 4.78 is 0. The zero-order valence-electron chi connectivity index (χ0n) is 9.75. The standard InChI is InChI=1S/C12H19N3/c1-5-8-15(10(2)3)11-6-7-14-12(9-11)13-4/h6-7,9H,2,5,8H2,1,3-4H3,(H,13,14). The van der Waals surface area contributed by atoms with Crippen molar-refractivity contribution >= 4 is 11.5 Å². The number of hydrogen-bond donors (Lipinski definition) is 1. The molecule has 3 nitrogen and oxygen atoms in total. The summed E-state index contributed by atoms with van der Waals surface area (Å²) in [7, 11) is 1.87. The third-order valence-electron chi connectivity index (χ3n) is 2.22. The molecule has 0 radical (unpaired) electrons. The van der Waals surface area contributed by atoms with Crippen molar-refractivity contribution in [3.63, 3.8) is 0 Å². The van der Waals surface area contributed by atoms with Gasteiger partial charge in [0.25, 0.3) is 0 Å². The lowest BCUT2D eigenvalue weighted by molar-refractivity contribution is 0.849. The van der Waals surface area contributed by atoms with E-state index >= 15 is 0 Å². The minimum atomic E-state index is 0.884. The molecule has 0 amide bonds. The molecule has 1 aromatic heterocycles. The first-order valence-electron chi connectivity index (χ1n) is 5.26. The molecule has 82 valence electrons. The predicted octanol–water partition coefficient (Wildman–Crippen LogP) is 2.87. The van der Waals surface area contributed by atoms with E-state index in [2.05, 4.69) is 28.7 Å². The third kappa shape index (κ3) is 2.98. The first kappa shape index (κ1) is 11.6. The van der Waals surface area contributed by atoms with Crippen LogP contribution in [0, 0.1) is 0 Å². The number of aromatic nitrogens is 1. The summed E-state index contributed by atoms with van der Waals surface area (Å²) in [4.78, 5) is 6.39. The van der Waals surface area contributed by atoms with E-state index < -0.39 is 0 Å². The number of nitrogens with zero attached hydrogens (tertiary/aromatic N) is 2. The van der Waals surface area contributed by atoms with Crippen molar-refractivity contribution in [2.45, 2.75) is 20.3 Å². The lowest BCUT2D eigenvalue weighted by atomic mass is 10.3. The number of allylic oxidation sites excluding steroid dienone is 1. The molecular weight excluding hydrogens is 186 g/mol. The van der Waals surface area contributed by atoms with Gasteiger partial charge in [0.05, 0.1) is 0 Å². The Bertz CT molecular complexity index is 333. The molecule has 1 rings (SSSR count). The van der Waals surface area contributed by atoms with Gasteiger partial charge in [0.15, 0.2) is 0 Å². The van der Waals surface area contributed by atoms with Gasteiger partial charge in [-0.25, -0.2) is 4.98 Å². The Morgan fingerprint density at radius 2 is 2.33 bits per heavy atom. The molecule has 1 aromatic rings. The summed E-state index contributed by atoms with van der Waals surface area (Å²) in [5, 5.41) is 3.04. The van der Waals surface area contributed by atoms with E-state index in [9.17, 15) is 0 Å². The van der Waals surface area contributed by atoms with Gasteiger partial charge in [-0.1, -0.05) is 13.5 Å². The van der Waals surface area contributed by atoms with Crippen LogP contribution in [0.25, 0.3) is 0 Å². The average Bonchev–Trinajstić information content (AvgIpc) is 2.25. The van der Waals surface area contributed by atoms with E-state index in [1.54, 1.807) is 0 Å². The number of nitrogens with one attached hydrogen (secondary N) is 1. The number of anilines is 2. The molecule has 0 saturated carbocycles. The van der Waals surface area contributed by atoms with Gasteiger partial charge >= 0.3 is 0 Å². The zero-order valence-corrected chi connectivity index (χ0v) is 9.75. The Morgan fingerprint density at radius 3 is 2.87 bits per heavy atom. The van der Waals surface area contributed by atoms with Crippen LogP contribution in [-0.4, -0.2) is 18.6 Å². The van der Waals surface area contributed by atoms with Crippen LogP contribution in [0.1, 0.15) is 20.3 Å². The second-order valence-corrected chi connectivity index (χ2v) is 3.54. The highest BCUT2D eigenvalue weighted by Crippen LogP contribution is 2.20. The largest absolute Gasteiger partial charge is 0.373 e. The highest BCUT2D eigenvalue weighted by Gasteiger charge is 2.06. The first-order valence-corrected chi connectivity index (χ1v) is 5.26. The SMILES string of the molecule is C=C(C)N(CCC)c1ccnc(NC)c1. The van der Waals surface area contributed by atoms with Gasteiger partial charge in [-0.15, -0.1) is 0 Å². The van der Waals surface area contributed by atoms with Gasteiger partial charge in [0, 0.05) is 37.2 Å². The fraction of sp³-hybridized carbons (Fsp3) is 0.417. The predicted molar refractivity (Wildman–Crippen MR) is 66.2 cm³/mol. The smallest absolute Gasteiger partial charge is 0.127 e. The Morgan fingerprint density at radius 1 is 1.60 bits per heavy atom. The summed E-state index contributed by atoms with van der Waals surface area (Å²) in [6.45, 7) is 9.17. The second-order valence-electron chi connectivity index (χ2n) is 3.54. The fourth-order valence-electron chi connectivity index (χ4n) is 1.49. The van der Waals surface area contributed by atoms with E-state index in [1.807, 2.05) is 32.3 Å². The molecule has 15 heavy (non-hydrogen) atoms. The van der Waals surface area contributed by atoms with E-state index in [0.29, 0.717) is 0 Å². The van der Waals surface area contributed by atoms with Gasteiger partial charge in [-0.2, -0.15) is 0 Å². The molecule has 0 atom stereocenters. The van der Waals surface area contributed by atoms with Crippen LogP contribution in [0.3, 0.4) is 0 Å². The van der Waals surface area contributed by atoms with Crippen molar-refractivity contribution in [1.82, 2.24) is 4.98 Å². The van der Waals surface area contributed by atoms with Crippen molar-refractivity contribution in [3.8, 4) is 0 Å². The van der Waals surface area contributed by atoms with Crippen LogP contribution in [0.2, 0.25) is 0 Å². The zero-order chi connectivity index (χ0) is 11.3. The van der Waals surface area contributed by atoms with E-state index in [0.717, 1.165) is 30.2 Å². The highest BCUT2D eigenvalue weighted by atomic mass is 15.1. The van der Waals surface area contributed by atoms with Crippen LogP contribution in [-0.2, 0) is 0 Å². The molecule has 0 spiro atoms. The molecule has 0 bridgehead atoms. The number of hydrogen-bond acceptors (Lipinski definition) is 3. The highest BCUT2D eigenvalue weighted by molar-refractivity contribution is 5.56. The minimum absolute atomic E-state index is 0.884. The summed E-state index contributed by atoms with van der Waals surface area (Å²) >= 11 is 0. The quantitative estimate of drug-likeness (QED) is 0.801. The van der Waals surface area contributed by atoms with Crippen molar-refractivity contribution < 1.29 is 0 Å². The summed E-state index contributed by atoms with van der Waals surface area (Å²) in [5.41, 5.74) is 2.20. The normalized spacial score (nSPS) is 9.80. The van der Waals surface area contributed by atoms with E-state index in [-0.39, 0.29) is 0 Å². The molecule has 3 heteroatoms. The molecule has 1 N–H and O–H groups in total. The van der Waals surface area contributed by atoms with E-state index in [1.165, 1.54) is 0 Å². The topological polar surface area (TPSA) is 28.2 Å². The van der Waals surface area contributed by atoms with Gasteiger partial charge in [0.1, 0.15) is 5.82 Å². The van der Waals surface area contributed by atoms with Crippen molar-refractivity contribution in [2.75, 3.05) is 23.8 Å². The lowest BCUT2D eigenvalue weighted by Gasteiger charge is -2.24. The molecule has 0 aromatic carbocycles. The maximum Gasteiger partial charge on any atom is 0.127 e. The van der Waals surface area contributed by atoms with Crippen molar-refractivity contribution in [3.05, 3.63) is 30.6 Å². The van der Waals surface area contributed by atoms with Crippen LogP contribution in [0.15, 0.2) is 30.6 Å². The Kier molecular flexibility index (Phi) is 4.16. The van der Waals surface area contributed by atoms with E-state index in [4.69, 9.17) is 0 Å². The second kappa shape index (κ2) is 5.39. The molecule has 1 heterocycles. The number of rotatable bonds is 5. The van der Waals surface area contributed by atoms with Crippen LogP contribution < -0.4 is 10.2 Å². The van der Waals surface area contributed by atoms with Gasteiger partial charge in [0.2, 0.25) is 0 Å². The molecular formula is C12H19N3. The molecule has 0 fully saturated rings. The van der Waals surface area contributed by atoms with Crippen LogP contribution in [0.5, 0.6) is 0 Å². The van der Waals surface area contributed by atoms with Crippen LogP contribution in [0.4, 0.5) is 11.5 Å². The number of pyridine rings is 1. The molecule has 0 saturated heterocycles. The maximum atomic E-state index is 4.19. The molecule has 0 aliphatic heterocycles. The van der Waals surface area contributed by atoms with Gasteiger partial charge in [-0.3, -0.25) is 0 Å². The maximum absolute atomic E-state index is 4.19. The minimum Gasteiger partial charge on any atom is -0.373 e. The molecule has 0 unspecified atom stereocenters. The third-order valence-corrected chi connectivity index (χ3v) is 2.22. The molecule has 0 aliphatic rings. The monoisotopic (exact) mass is 205 g/mol. The van der Waals surface area contributed by atoms with Crippen molar-refractivity contribution in [2.24, 2.45) is 0 Å². The fourth-order valence-corrected chi connectivity index (χ4v) is 1.49. The van der Waals surface area contributed by atoms with Gasteiger partial charge < -0.3 is 10.2 Å². The Labute approximate surface area is 91.8 Å². The summed E-state index contributed by atoms with van der Waals surface area (Å²) in [6.07, 6.45) is 2.91. The van der Waals surface area contributed by atoms with Crippen molar-refractivity contribution in [1.29, 1.82) is 0 Å². The average molecular weight is 205 g/mol. The first-order chi connectivity index (χ1) is 7.19.